The number of primary amides is 1. The van der Waals surface area contributed by atoms with Gasteiger partial charge in [0.1, 0.15) is 0 Å². The lowest BCUT2D eigenvalue weighted by Gasteiger charge is -2.14. The topological polar surface area (TPSA) is 114 Å². The van der Waals surface area contributed by atoms with Crippen LogP contribution in [0.15, 0.2) is 48.5 Å². The molecule has 0 saturated heterocycles. The number of benzene rings is 2. The van der Waals surface area contributed by atoms with Crippen molar-refractivity contribution < 1.29 is 14.4 Å². The lowest BCUT2D eigenvalue weighted by Crippen LogP contribution is -2.29. The van der Waals surface area contributed by atoms with E-state index in [1.54, 1.807) is 24.3 Å². The number of hydrogen-bond acceptors (Lipinski definition) is 4. The predicted molar refractivity (Wildman–Crippen MR) is 116 cm³/mol. The number of nitrogens with zero attached hydrogens (tertiary/aromatic N) is 1. The molecule has 0 unspecified atom stereocenters. The van der Waals surface area contributed by atoms with E-state index in [1.165, 1.54) is 0 Å². The summed E-state index contributed by atoms with van der Waals surface area (Å²) in [5, 5.41) is 6.47. The maximum absolute atomic E-state index is 12.8. The maximum Gasteiger partial charge on any atom is 0.253 e. The highest BCUT2D eigenvalue weighted by molar-refractivity contribution is 6.04. The monoisotopic (exact) mass is 404 g/mol. The van der Waals surface area contributed by atoms with Crippen LogP contribution in [0.2, 0.25) is 0 Å². The first-order valence-electron chi connectivity index (χ1n) is 9.67. The highest BCUT2D eigenvalue weighted by atomic mass is 16.2. The SMILES string of the molecule is Cc1nc2ccccc2c(C)c1CC(=O)Nc1ccccc1C(=O)NCCC(N)=O. The van der Waals surface area contributed by atoms with E-state index in [0.29, 0.717) is 11.3 Å². The van der Waals surface area contributed by atoms with Crippen LogP contribution in [0.4, 0.5) is 5.69 Å². The highest BCUT2D eigenvalue weighted by Gasteiger charge is 2.16. The minimum absolute atomic E-state index is 0.0494. The minimum Gasteiger partial charge on any atom is -0.370 e. The van der Waals surface area contributed by atoms with Gasteiger partial charge >= 0.3 is 0 Å². The lowest BCUT2D eigenvalue weighted by atomic mass is 9.99. The van der Waals surface area contributed by atoms with Crippen LogP contribution in [-0.2, 0) is 16.0 Å². The van der Waals surface area contributed by atoms with Crippen molar-refractivity contribution >= 4 is 34.3 Å². The Morgan fingerprint density at radius 3 is 2.47 bits per heavy atom. The molecule has 3 amide bonds. The zero-order chi connectivity index (χ0) is 21.7. The Balaban J connectivity index is 1.77. The number of anilines is 1. The van der Waals surface area contributed by atoms with Gasteiger partial charge in [0.25, 0.3) is 5.91 Å². The molecule has 154 valence electrons. The van der Waals surface area contributed by atoms with Gasteiger partial charge in [0.05, 0.1) is 23.2 Å². The number of rotatable bonds is 7. The van der Waals surface area contributed by atoms with Crippen molar-refractivity contribution in [2.45, 2.75) is 26.7 Å². The zero-order valence-corrected chi connectivity index (χ0v) is 17.0. The van der Waals surface area contributed by atoms with Gasteiger partial charge < -0.3 is 16.4 Å². The van der Waals surface area contributed by atoms with E-state index in [1.807, 2.05) is 38.1 Å². The fraction of sp³-hybridized carbons (Fsp3) is 0.217. The molecule has 3 rings (SSSR count). The predicted octanol–water partition coefficient (Wildman–Crippen LogP) is 2.64. The molecule has 0 saturated carbocycles. The Hall–Kier alpha value is -3.74. The number of nitrogens with one attached hydrogen (secondary N) is 2. The van der Waals surface area contributed by atoms with Crippen LogP contribution in [-0.4, -0.2) is 29.3 Å². The van der Waals surface area contributed by atoms with Gasteiger partial charge in [-0.15, -0.1) is 0 Å². The molecule has 2 aromatic carbocycles. The lowest BCUT2D eigenvalue weighted by molar-refractivity contribution is -0.118. The van der Waals surface area contributed by atoms with Crippen molar-refractivity contribution in [2.75, 3.05) is 11.9 Å². The van der Waals surface area contributed by atoms with Crippen molar-refractivity contribution in [2.24, 2.45) is 5.73 Å². The zero-order valence-electron chi connectivity index (χ0n) is 17.0. The summed E-state index contributed by atoms with van der Waals surface area (Å²) in [6, 6.07) is 14.6. The fourth-order valence-electron chi connectivity index (χ4n) is 3.37. The molecular formula is C23H24N4O3. The number of carbonyl (C=O) groups excluding carboxylic acids is 3. The molecule has 4 N–H and O–H groups in total. The van der Waals surface area contributed by atoms with E-state index in [9.17, 15) is 14.4 Å². The summed E-state index contributed by atoms with van der Waals surface area (Å²) >= 11 is 0. The summed E-state index contributed by atoms with van der Waals surface area (Å²) < 4.78 is 0. The van der Waals surface area contributed by atoms with Gasteiger partial charge in [-0.25, -0.2) is 0 Å². The molecule has 30 heavy (non-hydrogen) atoms. The molecule has 7 nitrogen and oxygen atoms in total. The fourth-order valence-corrected chi connectivity index (χ4v) is 3.37. The molecule has 0 radical (unpaired) electrons. The summed E-state index contributed by atoms with van der Waals surface area (Å²) in [7, 11) is 0. The van der Waals surface area contributed by atoms with Gasteiger partial charge in [0.15, 0.2) is 0 Å². The average molecular weight is 404 g/mol. The summed E-state index contributed by atoms with van der Waals surface area (Å²) in [5.74, 6) is -1.12. The third-order valence-corrected chi connectivity index (χ3v) is 4.93. The van der Waals surface area contributed by atoms with Crippen molar-refractivity contribution in [1.82, 2.24) is 10.3 Å². The van der Waals surface area contributed by atoms with Gasteiger partial charge in [-0.3, -0.25) is 19.4 Å². The number of fused-ring (bicyclic) bond motifs is 1. The third kappa shape index (κ3) is 4.81. The summed E-state index contributed by atoms with van der Waals surface area (Å²) in [5.41, 5.74) is 9.41. The normalized spacial score (nSPS) is 10.6. The number of aromatic nitrogens is 1. The van der Waals surface area contributed by atoms with Crippen molar-refractivity contribution in [3.05, 3.63) is 70.9 Å². The summed E-state index contributed by atoms with van der Waals surface area (Å²) in [6.07, 6.45) is 0.195. The first-order chi connectivity index (χ1) is 14.4. The molecule has 0 aliphatic carbocycles. The molecule has 7 heteroatoms. The number of hydrogen-bond donors (Lipinski definition) is 3. The number of carbonyl (C=O) groups is 3. The second kappa shape index (κ2) is 9.17. The van der Waals surface area contributed by atoms with E-state index in [4.69, 9.17) is 5.73 Å². The van der Waals surface area contributed by atoms with Crippen molar-refractivity contribution in [1.29, 1.82) is 0 Å². The molecule has 0 atom stereocenters. The Labute approximate surface area is 174 Å². The molecule has 0 bridgehead atoms. The standard InChI is InChI=1S/C23H24N4O3/c1-14-16-7-3-5-9-19(16)26-15(2)18(14)13-22(29)27-20-10-6-4-8-17(20)23(30)25-12-11-21(24)28/h3-10H,11-13H2,1-2H3,(H2,24,28)(H,25,30)(H,27,29). The van der Waals surface area contributed by atoms with E-state index in [-0.39, 0.29) is 31.2 Å². The van der Waals surface area contributed by atoms with E-state index < -0.39 is 5.91 Å². The van der Waals surface area contributed by atoms with Crippen LogP contribution in [0, 0.1) is 13.8 Å². The number of pyridine rings is 1. The molecule has 0 aliphatic rings. The van der Waals surface area contributed by atoms with Crippen molar-refractivity contribution in [3.63, 3.8) is 0 Å². The quantitative estimate of drug-likeness (QED) is 0.562. The second-order valence-electron chi connectivity index (χ2n) is 7.06. The maximum atomic E-state index is 12.8. The molecule has 0 spiro atoms. The molecule has 0 fully saturated rings. The highest BCUT2D eigenvalue weighted by Crippen LogP contribution is 2.23. The number of nitrogens with two attached hydrogens (primary N) is 1. The Kier molecular flexibility index (Phi) is 6.41. The van der Waals surface area contributed by atoms with E-state index >= 15 is 0 Å². The van der Waals surface area contributed by atoms with Gasteiger partial charge in [-0.1, -0.05) is 30.3 Å². The van der Waals surface area contributed by atoms with E-state index in [0.717, 1.165) is 27.7 Å². The van der Waals surface area contributed by atoms with Crippen LogP contribution in [0.5, 0.6) is 0 Å². The first kappa shape index (κ1) is 21.0. The van der Waals surface area contributed by atoms with Crippen LogP contribution < -0.4 is 16.4 Å². The van der Waals surface area contributed by atoms with Crippen LogP contribution in [0.3, 0.4) is 0 Å². The van der Waals surface area contributed by atoms with Gasteiger partial charge in [-0.05, 0) is 43.2 Å². The summed E-state index contributed by atoms with van der Waals surface area (Å²) in [6.45, 7) is 4.01. The number of aryl methyl sites for hydroxylation is 2. The molecule has 3 aromatic rings. The number of para-hydroxylation sites is 2. The van der Waals surface area contributed by atoms with Gasteiger partial charge in [0, 0.05) is 24.0 Å². The van der Waals surface area contributed by atoms with E-state index in [2.05, 4.69) is 15.6 Å². The van der Waals surface area contributed by atoms with Crippen LogP contribution >= 0.6 is 0 Å². The van der Waals surface area contributed by atoms with Gasteiger partial charge in [0.2, 0.25) is 11.8 Å². The Bertz CT molecular complexity index is 1120. The minimum atomic E-state index is -0.494. The van der Waals surface area contributed by atoms with Crippen molar-refractivity contribution in [3.8, 4) is 0 Å². The molecule has 0 aliphatic heterocycles. The molecule has 1 aromatic heterocycles. The van der Waals surface area contributed by atoms with Gasteiger partial charge in [-0.2, -0.15) is 0 Å². The smallest absolute Gasteiger partial charge is 0.253 e. The Morgan fingerprint density at radius 1 is 1.00 bits per heavy atom. The molecule has 1 heterocycles. The largest absolute Gasteiger partial charge is 0.370 e. The Morgan fingerprint density at radius 2 is 1.70 bits per heavy atom. The second-order valence-corrected chi connectivity index (χ2v) is 7.06. The third-order valence-electron chi connectivity index (χ3n) is 4.93. The van der Waals surface area contributed by atoms with Crippen LogP contribution in [0.25, 0.3) is 10.9 Å². The molecular weight excluding hydrogens is 380 g/mol. The first-order valence-corrected chi connectivity index (χ1v) is 9.67. The number of amides is 3. The van der Waals surface area contributed by atoms with Crippen LogP contribution in [0.1, 0.15) is 33.6 Å². The summed E-state index contributed by atoms with van der Waals surface area (Å²) in [4.78, 5) is 40.6. The average Bonchev–Trinajstić information content (AvgIpc) is 2.71.